The summed E-state index contributed by atoms with van der Waals surface area (Å²) in [4.78, 5) is 17.2. The van der Waals surface area contributed by atoms with E-state index in [9.17, 15) is 4.79 Å². The fraction of sp³-hybridized carbons (Fsp3) is 0.938. The maximum Gasteiger partial charge on any atom is 0.224 e. The summed E-state index contributed by atoms with van der Waals surface area (Å²) in [7, 11) is 0. The van der Waals surface area contributed by atoms with Crippen LogP contribution in [0.25, 0.3) is 0 Å². The SMILES string of the molecule is Cl.Cl.O=C(CC1CSCCN1)N1CCCC(CN2CCOCC2)C1. The number of likely N-dealkylation sites (tertiary alicyclic amines) is 1. The van der Waals surface area contributed by atoms with Crippen LogP contribution in [0.2, 0.25) is 0 Å². The molecule has 8 heteroatoms. The molecule has 0 saturated carbocycles. The van der Waals surface area contributed by atoms with Crippen LogP contribution >= 0.6 is 36.6 Å². The fourth-order valence-corrected chi connectivity index (χ4v) is 4.63. The zero-order chi connectivity index (χ0) is 15.2. The van der Waals surface area contributed by atoms with E-state index in [-0.39, 0.29) is 24.8 Å². The second-order valence-electron chi connectivity index (χ2n) is 6.69. The van der Waals surface area contributed by atoms with Gasteiger partial charge in [-0.3, -0.25) is 9.69 Å². The lowest BCUT2D eigenvalue weighted by molar-refractivity contribution is -0.133. The summed E-state index contributed by atoms with van der Waals surface area (Å²) >= 11 is 1.96. The van der Waals surface area contributed by atoms with Crippen molar-refractivity contribution in [3.05, 3.63) is 0 Å². The Hall–Kier alpha value is 0.280. The molecule has 3 saturated heterocycles. The Kier molecular flexibility index (Phi) is 11.0. The van der Waals surface area contributed by atoms with E-state index in [1.807, 2.05) is 11.8 Å². The predicted molar refractivity (Wildman–Crippen MR) is 105 cm³/mol. The maximum atomic E-state index is 12.5. The van der Waals surface area contributed by atoms with Crippen LogP contribution in [0.3, 0.4) is 0 Å². The summed E-state index contributed by atoms with van der Waals surface area (Å²) in [6.07, 6.45) is 3.10. The number of amides is 1. The van der Waals surface area contributed by atoms with Gasteiger partial charge in [-0.05, 0) is 18.8 Å². The highest BCUT2D eigenvalue weighted by atomic mass is 35.5. The minimum atomic E-state index is 0. The van der Waals surface area contributed by atoms with Gasteiger partial charge in [0, 0.05) is 63.2 Å². The molecule has 1 amide bonds. The first-order valence-corrected chi connectivity index (χ1v) is 9.86. The molecule has 3 rings (SSSR count). The normalized spacial score (nSPS) is 28.6. The molecule has 3 fully saturated rings. The van der Waals surface area contributed by atoms with Crippen molar-refractivity contribution in [1.82, 2.24) is 15.1 Å². The smallest absolute Gasteiger partial charge is 0.224 e. The summed E-state index contributed by atoms with van der Waals surface area (Å²) in [5.74, 6) is 3.25. The number of hydrogen-bond acceptors (Lipinski definition) is 5. The van der Waals surface area contributed by atoms with Crippen molar-refractivity contribution < 1.29 is 9.53 Å². The van der Waals surface area contributed by atoms with Crippen molar-refractivity contribution in [3.8, 4) is 0 Å². The maximum absolute atomic E-state index is 12.5. The van der Waals surface area contributed by atoms with Gasteiger partial charge in [0.15, 0.2) is 0 Å². The number of piperidine rings is 1. The van der Waals surface area contributed by atoms with Gasteiger partial charge in [0.05, 0.1) is 13.2 Å². The second kappa shape index (κ2) is 11.8. The van der Waals surface area contributed by atoms with Gasteiger partial charge < -0.3 is 15.0 Å². The van der Waals surface area contributed by atoms with E-state index in [2.05, 4.69) is 15.1 Å². The van der Waals surface area contributed by atoms with Crippen LogP contribution in [-0.2, 0) is 9.53 Å². The fourth-order valence-electron chi connectivity index (χ4n) is 3.68. The van der Waals surface area contributed by atoms with Crippen LogP contribution < -0.4 is 5.32 Å². The molecule has 1 N–H and O–H groups in total. The summed E-state index contributed by atoms with van der Waals surface area (Å²) in [6.45, 7) is 7.91. The zero-order valence-corrected chi connectivity index (χ0v) is 16.7. The molecular formula is C16H31Cl2N3O2S. The van der Waals surface area contributed by atoms with Crippen molar-refractivity contribution in [3.63, 3.8) is 0 Å². The third kappa shape index (κ3) is 6.89. The number of rotatable bonds is 4. The Balaban J connectivity index is 0.00000144. The standard InChI is InChI=1S/C16H29N3O2S.2ClH/c20-16(10-15-13-22-9-3-17-15)19-4-1-2-14(12-19)11-18-5-7-21-8-6-18;;/h14-15,17H,1-13H2;2*1H. The molecule has 0 spiro atoms. The van der Waals surface area contributed by atoms with Gasteiger partial charge in [-0.25, -0.2) is 0 Å². The molecule has 2 atom stereocenters. The first kappa shape index (κ1) is 22.3. The van der Waals surface area contributed by atoms with E-state index in [1.54, 1.807) is 0 Å². The monoisotopic (exact) mass is 399 g/mol. The summed E-state index contributed by atoms with van der Waals surface area (Å²) in [5.41, 5.74) is 0. The van der Waals surface area contributed by atoms with Crippen LogP contribution in [0.5, 0.6) is 0 Å². The number of ether oxygens (including phenoxy) is 1. The van der Waals surface area contributed by atoms with Crippen molar-refractivity contribution in [2.75, 3.05) is 64.0 Å². The van der Waals surface area contributed by atoms with Crippen LogP contribution in [-0.4, -0.2) is 85.7 Å². The Morgan fingerprint density at radius 3 is 2.71 bits per heavy atom. The first-order chi connectivity index (χ1) is 10.8. The van der Waals surface area contributed by atoms with E-state index in [0.29, 0.717) is 24.3 Å². The number of nitrogens with one attached hydrogen (secondary N) is 1. The van der Waals surface area contributed by atoms with Gasteiger partial charge in [0.2, 0.25) is 5.91 Å². The first-order valence-electron chi connectivity index (χ1n) is 8.70. The Bertz CT molecular complexity index is 367. The number of morpholine rings is 1. The average Bonchev–Trinajstić information content (AvgIpc) is 2.57. The molecule has 24 heavy (non-hydrogen) atoms. The number of carbonyl (C=O) groups is 1. The van der Waals surface area contributed by atoms with Crippen LogP contribution in [0.4, 0.5) is 0 Å². The highest BCUT2D eigenvalue weighted by molar-refractivity contribution is 7.99. The Morgan fingerprint density at radius 1 is 1.21 bits per heavy atom. The molecule has 142 valence electrons. The Morgan fingerprint density at radius 2 is 2.00 bits per heavy atom. The molecule has 0 aromatic carbocycles. The molecule has 5 nitrogen and oxygen atoms in total. The zero-order valence-electron chi connectivity index (χ0n) is 14.3. The van der Waals surface area contributed by atoms with Gasteiger partial charge >= 0.3 is 0 Å². The highest BCUT2D eigenvalue weighted by Gasteiger charge is 2.27. The van der Waals surface area contributed by atoms with Crippen molar-refractivity contribution in [1.29, 1.82) is 0 Å². The number of nitrogens with zero attached hydrogens (tertiary/aromatic N) is 2. The van der Waals surface area contributed by atoms with Crippen molar-refractivity contribution in [2.45, 2.75) is 25.3 Å². The third-order valence-corrected chi connectivity index (χ3v) is 6.04. The van der Waals surface area contributed by atoms with Gasteiger partial charge in [-0.2, -0.15) is 11.8 Å². The van der Waals surface area contributed by atoms with E-state index in [0.717, 1.165) is 64.7 Å². The molecule has 0 aromatic heterocycles. The topological polar surface area (TPSA) is 44.8 Å². The lowest BCUT2D eigenvalue weighted by Crippen LogP contribution is -2.48. The number of halogens is 2. The van der Waals surface area contributed by atoms with Crippen molar-refractivity contribution in [2.24, 2.45) is 5.92 Å². The van der Waals surface area contributed by atoms with E-state index in [4.69, 9.17) is 4.74 Å². The van der Waals surface area contributed by atoms with Crippen LogP contribution in [0.15, 0.2) is 0 Å². The summed E-state index contributed by atoms with van der Waals surface area (Å²) in [5, 5.41) is 3.48. The van der Waals surface area contributed by atoms with Crippen LogP contribution in [0, 0.1) is 5.92 Å². The number of carbonyl (C=O) groups excluding carboxylic acids is 1. The average molecular weight is 400 g/mol. The Labute approximate surface area is 162 Å². The molecule has 0 radical (unpaired) electrons. The second-order valence-corrected chi connectivity index (χ2v) is 7.84. The number of hydrogen-bond donors (Lipinski definition) is 1. The molecule has 3 aliphatic heterocycles. The quantitative estimate of drug-likeness (QED) is 0.775. The summed E-state index contributed by atoms with van der Waals surface area (Å²) in [6, 6.07) is 0.380. The van der Waals surface area contributed by atoms with E-state index < -0.39 is 0 Å². The van der Waals surface area contributed by atoms with Gasteiger partial charge in [0.1, 0.15) is 0 Å². The lowest BCUT2D eigenvalue weighted by atomic mass is 9.96. The minimum absolute atomic E-state index is 0. The molecule has 3 heterocycles. The highest BCUT2D eigenvalue weighted by Crippen LogP contribution is 2.20. The molecule has 0 aliphatic carbocycles. The van der Waals surface area contributed by atoms with E-state index >= 15 is 0 Å². The van der Waals surface area contributed by atoms with Gasteiger partial charge in [0.25, 0.3) is 0 Å². The van der Waals surface area contributed by atoms with Crippen LogP contribution in [0.1, 0.15) is 19.3 Å². The third-order valence-electron chi connectivity index (χ3n) is 4.91. The summed E-state index contributed by atoms with van der Waals surface area (Å²) < 4.78 is 5.42. The molecule has 2 unspecified atom stereocenters. The lowest BCUT2D eigenvalue weighted by Gasteiger charge is -2.37. The molecule has 3 aliphatic rings. The van der Waals surface area contributed by atoms with Crippen molar-refractivity contribution >= 4 is 42.5 Å². The predicted octanol–water partition coefficient (Wildman–Crippen LogP) is 1.50. The van der Waals surface area contributed by atoms with Gasteiger partial charge in [-0.1, -0.05) is 0 Å². The molecular weight excluding hydrogens is 369 g/mol. The molecule has 0 bridgehead atoms. The minimum Gasteiger partial charge on any atom is -0.379 e. The van der Waals surface area contributed by atoms with E-state index in [1.165, 1.54) is 12.2 Å². The van der Waals surface area contributed by atoms with Gasteiger partial charge in [-0.15, -0.1) is 24.8 Å². The molecule has 0 aromatic rings. The largest absolute Gasteiger partial charge is 0.379 e. The number of thioether (sulfide) groups is 1.